The van der Waals surface area contributed by atoms with Crippen LogP contribution in [0, 0.1) is 0 Å². The van der Waals surface area contributed by atoms with Crippen LogP contribution in [0.5, 0.6) is 5.75 Å². The standard InChI is InChI=1S/C18H20ClNO2S/c1-22-16-8-4-14(5-9-16)3-2-12-20-18(21)13-23-17-10-6-15(19)7-11-17/h4-11H,2-3,12-13H2,1H3,(H,20,21). The van der Waals surface area contributed by atoms with Crippen LogP contribution in [0.15, 0.2) is 53.4 Å². The number of hydrogen-bond acceptors (Lipinski definition) is 3. The summed E-state index contributed by atoms with van der Waals surface area (Å²) in [5.74, 6) is 1.34. The van der Waals surface area contributed by atoms with E-state index in [9.17, 15) is 4.79 Å². The Morgan fingerprint density at radius 2 is 1.83 bits per heavy atom. The second-order valence-corrected chi connectivity index (χ2v) is 6.53. The third kappa shape index (κ3) is 6.55. The van der Waals surface area contributed by atoms with Crippen molar-refractivity contribution in [1.82, 2.24) is 5.32 Å². The van der Waals surface area contributed by atoms with Gasteiger partial charge in [-0.1, -0.05) is 23.7 Å². The number of carbonyl (C=O) groups excluding carboxylic acids is 1. The van der Waals surface area contributed by atoms with Crippen molar-refractivity contribution >= 4 is 29.3 Å². The van der Waals surface area contributed by atoms with Crippen LogP contribution >= 0.6 is 23.4 Å². The summed E-state index contributed by atoms with van der Waals surface area (Å²) in [5.41, 5.74) is 1.25. The molecule has 0 bridgehead atoms. The molecule has 0 fully saturated rings. The number of carbonyl (C=O) groups is 1. The highest BCUT2D eigenvalue weighted by Crippen LogP contribution is 2.19. The maximum absolute atomic E-state index is 11.8. The van der Waals surface area contributed by atoms with E-state index in [1.54, 1.807) is 7.11 Å². The van der Waals surface area contributed by atoms with Gasteiger partial charge in [-0.25, -0.2) is 0 Å². The number of amides is 1. The van der Waals surface area contributed by atoms with Crippen LogP contribution in [0.25, 0.3) is 0 Å². The maximum atomic E-state index is 11.8. The molecule has 0 radical (unpaired) electrons. The minimum Gasteiger partial charge on any atom is -0.497 e. The van der Waals surface area contributed by atoms with Crippen LogP contribution in [0.2, 0.25) is 5.02 Å². The van der Waals surface area contributed by atoms with Gasteiger partial charge in [0.05, 0.1) is 12.9 Å². The van der Waals surface area contributed by atoms with Gasteiger partial charge in [0.2, 0.25) is 5.91 Å². The zero-order valence-corrected chi connectivity index (χ0v) is 14.6. The van der Waals surface area contributed by atoms with Crippen molar-refractivity contribution in [1.29, 1.82) is 0 Å². The molecule has 3 nitrogen and oxygen atoms in total. The molecule has 0 saturated carbocycles. The van der Waals surface area contributed by atoms with Crippen molar-refractivity contribution < 1.29 is 9.53 Å². The summed E-state index contributed by atoms with van der Waals surface area (Å²) < 4.78 is 5.13. The van der Waals surface area contributed by atoms with Gasteiger partial charge in [0.15, 0.2) is 0 Å². The van der Waals surface area contributed by atoms with Crippen molar-refractivity contribution in [3.63, 3.8) is 0 Å². The van der Waals surface area contributed by atoms with Gasteiger partial charge in [0.25, 0.3) is 0 Å². The first-order valence-corrected chi connectivity index (χ1v) is 8.82. The Balaban J connectivity index is 1.61. The van der Waals surface area contributed by atoms with Gasteiger partial charge in [-0.2, -0.15) is 0 Å². The largest absolute Gasteiger partial charge is 0.497 e. The van der Waals surface area contributed by atoms with Crippen LogP contribution in [0.1, 0.15) is 12.0 Å². The number of nitrogens with one attached hydrogen (secondary N) is 1. The van der Waals surface area contributed by atoms with Crippen LogP contribution in [-0.2, 0) is 11.2 Å². The molecule has 0 aliphatic heterocycles. The molecule has 0 heterocycles. The lowest BCUT2D eigenvalue weighted by Gasteiger charge is -2.06. The minimum absolute atomic E-state index is 0.0553. The first-order chi connectivity index (χ1) is 11.2. The summed E-state index contributed by atoms with van der Waals surface area (Å²) in [5, 5.41) is 3.65. The van der Waals surface area contributed by atoms with Crippen LogP contribution in [0.4, 0.5) is 0 Å². The molecule has 1 amide bonds. The molecule has 0 aliphatic rings. The fourth-order valence-corrected chi connectivity index (χ4v) is 2.90. The van der Waals surface area contributed by atoms with E-state index in [0.717, 1.165) is 23.5 Å². The Bertz CT molecular complexity index is 614. The monoisotopic (exact) mass is 349 g/mol. The maximum Gasteiger partial charge on any atom is 0.230 e. The van der Waals surface area contributed by atoms with E-state index in [1.165, 1.54) is 17.3 Å². The van der Waals surface area contributed by atoms with E-state index >= 15 is 0 Å². The first kappa shape index (κ1) is 17.7. The van der Waals surface area contributed by atoms with Crippen LogP contribution < -0.4 is 10.1 Å². The number of hydrogen-bond donors (Lipinski definition) is 1. The molecule has 5 heteroatoms. The number of benzene rings is 2. The summed E-state index contributed by atoms with van der Waals surface area (Å²) in [4.78, 5) is 12.8. The molecule has 0 aromatic heterocycles. The average molecular weight is 350 g/mol. The zero-order chi connectivity index (χ0) is 16.5. The second kappa shape index (κ2) is 9.48. The third-order valence-corrected chi connectivity index (χ3v) is 4.57. The molecule has 1 N–H and O–H groups in total. The van der Waals surface area contributed by atoms with Crippen LogP contribution in [0.3, 0.4) is 0 Å². The summed E-state index contributed by atoms with van der Waals surface area (Å²) in [6, 6.07) is 15.5. The molecule has 23 heavy (non-hydrogen) atoms. The normalized spacial score (nSPS) is 10.3. The summed E-state index contributed by atoms with van der Waals surface area (Å²) in [7, 11) is 1.66. The number of rotatable bonds is 8. The number of methoxy groups -OCH3 is 1. The van der Waals surface area contributed by atoms with Gasteiger partial charge in [0, 0.05) is 16.5 Å². The molecule has 0 spiro atoms. The second-order valence-electron chi connectivity index (χ2n) is 5.04. The lowest BCUT2D eigenvalue weighted by molar-refractivity contribution is -0.118. The first-order valence-electron chi connectivity index (χ1n) is 7.45. The molecule has 2 aromatic rings. The van der Waals surface area contributed by atoms with Crippen molar-refractivity contribution in [3.05, 3.63) is 59.1 Å². The van der Waals surface area contributed by atoms with Crippen LogP contribution in [-0.4, -0.2) is 25.3 Å². The fraction of sp³-hybridized carbons (Fsp3) is 0.278. The van der Waals surface area contributed by atoms with E-state index in [0.29, 0.717) is 17.3 Å². The summed E-state index contributed by atoms with van der Waals surface area (Å²) >= 11 is 7.34. The molecule has 0 saturated heterocycles. The molecular weight excluding hydrogens is 330 g/mol. The van der Waals surface area contributed by atoms with E-state index in [2.05, 4.69) is 17.4 Å². The highest BCUT2D eigenvalue weighted by Gasteiger charge is 2.03. The zero-order valence-electron chi connectivity index (χ0n) is 13.0. The Morgan fingerprint density at radius 3 is 2.48 bits per heavy atom. The molecular formula is C18H20ClNO2S. The summed E-state index contributed by atoms with van der Waals surface area (Å²) in [6.07, 6.45) is 1.86. The topological polar surface area (TPSA) is 38.3 Å². The summed E-state index contributed by atoms with van der Waals surface area (Å²) in [6.45, 7) is 0.687. The Kier molecular flexibility index (Phi) is 7.30. The van der Waals surface area contributed by atoms with Crippen molar-refractivity contribution in [2.75, 3.05) is 19.4 Å². The predicted molar refractivity (Wildman–Crippen MR) is 96.5 cm³/mol. The van der Waals surface area contributed by atoms with Crippen molar-refractivity contribution in [3.8, 4) is 5.75 Å². The van der Waals surface area contributed by atoms with Gasteiger partial charge in [0.1, 0.15) is 5.75 Å². The Morgan fingerprint density at radius 1 is 1.13 bits per heavy atom. The number of ether oxygens (including phenoxy) is 1. The fourth-order valence-electron chi connectivity index (χ4n) is 2.04. The SMILES string of the molecule is COc1ccc(CCCNC(=O)CSc2ccc(Cl)cc2)cc1. The molecule has 0 atom stereocenters. The highest BCUT2D eigenvalue weighted by atomic mass is 35.5. The van der Waals surface area contributed by atoms with E-state index < -0.39 is 0 Å². The number of halogens is 1. The van der Waals surface area contributed by atoms with Gasteiger partial charge >= 0.3 is 0 Å². The van der Waals surface area contributed by atoms with E-state index in [-0.39, 0.29) is 5.91 Å². The Labute approximate surface area is 146 Å². The molecule has 2 aromatic carbocycles. The van der Waals surface area contributed by atoms with E-state index in [1.807, 2.05) is 36.4 Å². The number of aryl methyl sites for hydroxylation is 1. The molecule has 0 unspecified atom stereocenters. The van der Waals surface area contributed by atoms with Gasteiger partial charge < -0.3 is 10.1 Å². The molecule has 122 valence electrons. The minimum atomic E-state index is 0.0553. The number of thioether (sulfide) groups is 1. The highest BCUT2D eigenvalue weighted by molar-refractivity contribution is 8.00. The molecule has 0 aliphatic carbocycles. The average Bonchev–Trinajstić information content (AvgIpc) is 2.59. The lowest BCUT2D eigenvalue weighted by Crippen LogP contribution is -2.26. The van der Waals surface area contributed by atoms with Crippen molar-refractivity contribution in [2.45, 2.75) is 17.7 Å². The van der Waals surface area contributed by atoms with Gasteiger partial charge in [-0.15, -0.1) is 11.8 Å². The van der Waals surface area contributed by atoms with Gasteiger partial charge in [-0.05, 0) is 54.8 Å². The predicted octanol–water partition coefficient (Wildman–Crippen LogP) is 4.19. The smallest absolute Gasteiger partial charge is 0.230 e. The Hall–Kier alpha value is -1.65. The quantitative estimate of drug-likeness (QED) is 0.573. The molecule has 2 rings (SSSR count). The lowest BCUT2D eigenvalue weighted by atomic mass is 10.1. The van der Waals surface area contributed by atoms with Crippen molar-refractivity contribution in [2.24, 2.45) is 0 Å². The third-order valence-electron chi connectivity index (χ3n) is 3.31. The van der Waals surface area contributed by atoms with Gasteiger partial charge in [-0.3, -0.25) is 4.79 Å². The van der Waals surface area contributed by atoms with E-state index in [4.69, 9.17) is 16.3 Å².